The normalized spacial score (nSPS) is 21.0. The molecule has 12 heavy (non-hydrogen) atoms. The van der Waals surface area contributed by atoms with E-state index in [9.17, 15) is 9.59 Å². The van der Waals surface area contributed by atoms with Gasteiger partial charge in [-0.3, -0.25) is 9.59 Å². The molecule has 1 aliphatic rings. The second-order valence-electron chi connectivity index (χ2n) is 3.47. The van der Waals surface area contributed by atoms with Gasteiger partial charge in [-0.05, 0) is 33.1 Å². The van der Waals surface area contributed by atoms with Crippen LogP contribution in [0, 0.1) is 5.41 Å². The number of ketones is 2. The monoisotopic (exact) mass is 166 g/mol. The summed E-state index contributed by atoms with van der Waals surface area (Å²) in [5.41, 5.74) is -0.0116. The van der Waals surface area contributed by atoms with Gasteiger partial charge >= 0.3 is 0 Å². The molecule has 1 fully saturated rings. The van der Waals surface area contributed by atoms with E-state index in [2.05, 4.69) is 6.58 Å². The summed E-state index contributed by atoms with van der Waals surface area (Å²) >= 11 is 0. The molecule has 0 amide bonds. The van der Waals surface area contributed by atoms with Gasteiger partial charge in [-0.2, -0.15) is 0 Å². The zero-order chi connectivity index (χ0) is 9.35. The lowest BCUT2D eigenvalue weighted by Gasteiger charge is -2.23. The summed E-state index contributed by atoms with van der Waals surface area (Å²) in [4.78, 5) is 22.7. The lowest BCUT2D eigenvalue weighted by molar-refractivity contribution is -0.135. The van der Waals surface area contributed by atoms with Crippen molar-refractivity contribution in [1.29, 1.82) is 0 Å². The minimum absolute atomic E-state index is 0.0440. The molecule has 0 aromatic heterocycles. The van der Waals surface area contributed by atoms with E-state index in [1.165, 1.54) is 13.8 Å². The zero-order valence-corrected chi connectivity index (χ0v) is 7.64. The maximum Gasteiger partial charge on any atom is 0.147 e. The van der Waals surface area contributed by atoms with Crippen molar-refractivity contribution in [3.8, 4) is 0 Å². The Kier molecular flexibility index (Phi) is 2.18. The Labute approximate surface area is 72.7 Å². The van der Waals surface area contributed by atoms with E-state index in [1.54, 1.807) is 0 Å². The van der Waals surface area contributed by atoms with E-state index in [0.29, 0.717) is 6.42 Å². The number of Topliss-reactive ketones (excluding diaryl/α,β-unsaturated/α-hetero) is 2. The van der Waals surface area contributed by atoms with E-state index in [0.717, 1.165) is 18.4 Å². The average molecular weight is 166 g/mol. The van der Waals surface area contributed by atoms with Gasteiger partial charge in [-0.15, -0.1) is 0 Å². The highest BCUT2D eigenvalue weighted by atomic mass is 16.2. The Morgan fingerprint density at radius 1 is 1.33 bits per heavy atom. The van der Waals surface area contributed by atoms with Crippen molar-refractivity contribution in [1.82, 2.24) is 0 Å². The Bertz CT molecular complexity index is 237. The van der Waals surface area contributed by atoms with Crippen molar-refractivity contribution in [3.05, 3.63) is 12.2 Å². The van der Waals surface area contributed by atoms with Crippen molar-refractivity contribution in [2.45, 2.75) is 33.1 Å². The molecule has 0 atom stereocenters. The van der Waals surface area contributed by atoms with Crippen LogP contribution in [0.3, 0.4) is 0 Å². The quantitative estimate of drug-likeness (QED) is 0.463. The Balaban J connectivity index is 3.10. The summed E-state index contributed by atoms with van der Waals surface area (Å²) in [6, 6.07) is 0. The summed E-state index contributed by atoms with van der Waals surface area (Å²) < 4.78 is 0. The first-order valence-electron chi connectivity index (χ1n) is 4.22. The number of carbonyl (C=O) groups is 2. The molecule has 2 heteroatoms. The van der Waals surface area contributed by atoms with Gasteiger partial charge in [0.15, 0.2) is 0 Å². The van der Waals surface area contributed by atoms with Crippen LogP contribution in [-0.4, -0.2) is 11.6 Å². The lowest BCUT2D eigenvalue weighted by atomic mass is 9.76. The molecule has 2 nitrogen and oxygen atoms in total. The molecule has 0 heterocycles. The highest BCUT2D eigenvalue weighted by Gasteiger charge is 2.45. The zero-order valence-electron chi connectivity index (χ0n) is 7.64. The number of allylic oxidation sites excluding steroid dienone is 1. The second-order valence-corrected chi connectivity index (χ2v) is 3.47. The van der Waals surface area contributed by atoms with Gasteiger partial charge in [0.2, 0.25) is 0 Å². The van der Waals surface area contributed by atoms with Gasteiger partial charge < -0.3 is 0 Å². The molecule has 0 radical (unpaired) electrons. The Morgan fingerprint density at radius 3 is 2.00 bits per heavy atom. The summed E-state index contributed by atoms with van der Waals surface area (Å²) in [5, 5.41) is 0. The minimum Gasteiger partial charge on any atom is -0.299 e. The fourth-order valence-electron chi connectivity index (χ4n) is 2.05. The molecule has 1 saturated carbocycles. The van der Waals surface area contributed by atoms with Crippen LogP contribution >= 0.6 is 0 Å². The van der Waals surface area contributed by atoms with Crippen LogP contribution in [-0.2, 0) is 9.59 Å². The van der Waals surface area contributed by atoms with Crippen molar-refractivity contribution < 1.29 is 9.59 Å². The van der Waals surface area contributed by atoms with Gasteiger partial charge in [0.25, 0.3) is 0 Å². The molecule has 0 aliphatic heterocycles. The van der Waals surface area contributed by atoms with E-state index in [4.69, 9.17) is 0 Å². The number of rotatable bonds is 2. The molecule has 0 spiro atoms. The number of carbonyl (C=O) groups excluding carboxylic acids is 2. The van der Waals surface area contributed by atoms with Crippen LogP contribution in [0.1, 0.15) is 33.1 Å². The standard InChI is InChI=1S/C10H14O2/c1-7-5-4-6-10(7,8(2)11)9(3)12/h1,4-6H2,2-3H3. The first-order valence-corrected chi connectivity index (χ1v) is 4.22. The molecule has 66 valence electrons. The SMILES string of the molecule is C=C1CCCC1(C(C)=O)C(C)=O. The van der Waals surface area contributed by atoms with Gasteiger partial charge in [0, 0.05) is 0 Å². The van der Waals surface area contributed by atoms with Gasteiger partial charge in [-0.1, -0.05) is 12.2 Å². The summed E-state index contributed by atoms with van der Waals surface area (Å²) in [6.45, 7) is 6.78. The van der Waals surface area contributed by atoms with Crippen molar-refractivity contribution in [2.75, 3.05) is 0 Å². The van der Waals surface area contributed by atoms with E-state index in [1.807, 2.05) is 0 Å². The number of hydrogen-bond donors (Lipinski definition) is 0. The van der Waals surface area contributed by atoms with Crippen LogP contribution < -0.4 is 0 Å². The fourth-order valence-corrected chi connectivity index (χ4v) is 2.05. The Morgan fingerprint density at radius 2 is 1.83 bits per heavy atom. The van der Waals surface area contributed by atoms with Crippen LogP contribution in [0.2, 0.25) is 0 Å². The fraction of sp³-hybridized carbons (Fsp3) is 0.600. The molecular weight excluding hydrogens is 152 g/mol. The third kappa shape index (κ3) is 1.02. The third-order valence-electron chi connectivity index (χ3n) is 2.84. The molecule has 0 unspecified atom stereocenters. The van der Waals surface area contributed by atoms with E-state index in [-0.39, 0.29) is 11.6 Å². The first-order chi connectivity index (χ1) is 5.51. The predicted octanol–water partition coefficient (Wildman–Crippen LogP) is 1.89. The maximum absolute atomic E-state index is 11.3. The van der Waals surface area contributed by atoms with Crippen LogP contribution in [0.15, 0.2) is 12.2 Å². The topological polar surface area (TPSA) is 34.1 Å². The molecule has 0 bridgehead atoms. The van der Waals surface area contributed by atoms with Gasteiger partial charge in [0.05, 0.1) is 0 Å². The molecule has 0 aromatic carbocycles. The van der Waals surface area contributed by atoms with Crippen molar-refractivity contribution >= 4 is 11.6 Å². The molecular formula is C10H14O2. The largest absolute Gasteiger partial charge is 0.299 e. The van der Waals surface area contributed by atoms with Gasteiger partial charge in [0.1, 0.15) is 17.0 Å². The second kappa shape index (κ2) is 2.85. The van der Waals surface area contributed by atoms with Crippen LogP contribution in [0.4, 0.5) is 0 Å². The van der Waals surface area contributed by atoms with E-state index < -0.39 is 5.41 Å². The first kappa shape index (κ1) is 9.17. The Hall–Kier alpha value is -0.920. The minimum atomic E-state index is -0.819. The molecule has 1 rings (SSSR count). The molecule has 0 aromatic rings. The maximum atomic E-state index is 11.3. The highest BCUT2D eigenvalue weighted by Crippen LogP contribution is 2.43. The lowest BCUT2D eigenvalue weighted by Crippen LogP contribution is -2.34. The predicted molar refractivity (Wildman–Crippen MR) is 46.8 cm³/mol. The van der Waals surface area contributed by atoms with Crippen LogP contribution in [0.5, 0.6) is 0 Å². The highest BCUT2D eigenvalue weighted by molar-refractivity contribution is 6.08. The third-order valence-corrected chi connectivity index (χ3v) is 2.84. The molecule has 0 N–H and O–H groups in total. The van der Waals surface area contributed by atoms with E-state index >= 15 is 0 Å². The van der Waals surface area contributed by atoms with Crippen molar-refractivity contribution in [3.63, 3.8) is 0 Å². The number of hydrogen-bond acceptors (Lipinski definition) is 2. The molecule has 0 saturated heterocycles. The summed E-state index contributed by atoms with van der Waals surface area (Å²) in [7, 11) is 0. The van der Waals surface area contributed by atoms with Crippen LogP contribution in [0.25, 0.3) is 0 Å². The summed E-state index contributed by atoms with van der Waals surface area (Å²) in [5.74, 6) is -0.0880. The molecule has 1 aliphatic carbocycles. The smallest absolute Gasteiger partial charge is 0.147 e. The van der Waals surface area contributed by atoms with Gasteiger partial charge in [-0.25, -0.2) is 0 Å². The average Bonchev–Trinajstić information content (AvgIpc) is 2.31. The van der Waals surface area contributed by atoms with Crippen molar-refractivity contribution in [2.24, 2.45) is 5.41 Å². The summed E-state index contributed by atoms with van der Waals surface area (Å²) in [6.07, 6.45) is 2.40.